The fraction of sp³-hybridized carbons (Fsp3) is 0.353. The molecular weight excluding hydrogens is 300 g/mol. The van der Waals surface area contributed by atoms with E-state index in [0.717, 1.165) is 42.4 Å². The van der Waals surface area contributed by atoms with E-state index in [1.54, 1.807) is 6.26 Å². The zero-order chi connectivity index (χ0) is 15.4. The van der Waals surface area contributed by atoms with Crippen LogP contribution in [0.3, 0.4) is 0 Å². The lowest BCUT2D eigenvalue weighted by Gasteiger charge is -2.33. The monoisotopic (exact) mass is 318 g/mol. The summed E-state index contributed by atoms with van der Waals surface area (Å²) in [7, 11) is 0. The fourth-order valence-corrected chi connectivity index (χ4v) is 2.99. The molecule has 1 aromatic carbocycles. The van der Waals surface area contributed by atoms with Gasteiger partial charge >= 0.3 is 0 Å². The number of amides is 1. The number of anilines is 1. The summed E-state index contributed by atoms with van der Waals surface area (Å²) < 4.78 is 5.22. The van der Waals surface area contributed by atoms with Gasteiger partial charge in [0.05, 0.1) is 12.8 Å². The minimum Gasteiger partial charge on any atom is -0.467 e. The average molecular weight is 319 g/mol. The maximum atomic E-state index is 12.2. The van der Waals surface area contributed by atoms with Gasteiger partial charge in [0.2, 0.25) is 5.91 Å². The van der Waals surface area contributed by atoms with Crippen LogP contribution in [0.25, 0.3) is 0 Å². The summed E-state index contributed by atoms with van der Waals surface area (Å²) in [5, 5.41) is 3.69. The number of hydrogen-bond donors (Lipinski definition) is 1. The third-order valence-electron chi connectivity index (χ3n) is 4.06. The van der Waals surface area contributed by atoms with E-state index in [0.29, 0.717) is 6.54 Å². The third kappa shape index (κ3) is 3.63. The lowest BCUT2D eigenvalue weighted by atomic mass is 9.95. The molecule has 2 aromatic rings. The number of piperidine rings is 1. The van der Waals surface area contributed by atoms with Crippen LogP contribution in [-0.4, -0.2) is 19.0 Å². The molecule has 0 radical (unpaired) electrons. The summed E-state index contributed by atoms with van der Waals surface area (Å²) in [4.78, 5) is 14.5. The van der Waals surface area contributed by atoms with Crippen LogP contribution in [0, 0.1) is 5.92 Å². The number of benzene rings is 1. The number of nitrogens with one attached hydrogen (secondary N) is 1. The fourth-order valence-electron chi connectivity index (χ4n) is 2.80. The largest absolute Gasteiger partial charge is 0.467 e. The van der Waals surface area contributed by atoms with Crippen molar-refractivity contribution in [1.29, 1.82) is 0 Å². The first-order valence-corrected chi connectivity index (χ1v) is 7.91. The molecular formula is C17H19ClN2O2. The van der Waals surface area contributed by atoms with Crippen molar-refractivity contribution in [3.05, 3.63) is 53.4 Å². The second-order valence-electron chi connectivity index (χ2n) is 5.54. The molecule has 5 heteroatoms. The van der Waals surface area contributed by atoms with Gasteiger partial charge in [0.1, 0.15) is 5.76 Å². The molecule has 0 saturated carbocycles. The first-order chi connectivity index (χ1) is 10.7. The van der Waals surface area contributed by atoms with E-state index in [1.165, 1.54) is 0 Å². The SMILES string of the molecule is O=C(NCc1ccco1)C1CCN(c2cccc(Cl)c2)CC1. The van der Waals surface area contributed by atoms with Crippen LogP contribution < -0.4 is 10.2 Å². The molecule has 22 heavy (non-hydrogen) atoms. The predicted molar refractivity (Wildman–Crippen MR) is 86.9 cm³/mol. The summed E-state index contributed by atoms with van der Waals surface area (Å²) in [5.74, 6) is 0.970. The number of hydrogen-bond acceptors (Lipinski definition) is 3. The molecule has 116 valence electrons. The topological polar surface area (TPSA) is 45.5 Å². The summed E-state index contributed by atoms with van der Waals surface area (Å²) in [6, 6.07) is 11.6. The first kappa shape index (κ1) is 15.0. The Bertz CT molecular complexity index is 619. The molecule has 1 fully saturated rings. The van der Waals surface area contributed by atoms with Crippen molar-refractivity contribution in [3.8, 4) is 0 Å². The van der Waals surface area contributed by atoms with Gasteiger partial charge in [-0.1, -0.05) is 17.7 Å². The molecule has 0 unspecified atom stereocenters. The lowest BCUT2D eigenvalue weighted by molar-refractivity contribution is -0.125. The van der Waals surface area contributed by atoms with Gasteiger partial charge in [-0.05, 0) is 43.2 Å². The van der Waals surface area contributed by atoms with Gasteiger partial charge in [-0.15, -0.1) is 0 Å². The molecule has 2 heterocycles. The van der Waals surface area contributed by atoms with Crippen molar-refractivity contribution >= 4 is 23.2 Å². The van der Waals surface area contributed by atoms with Crippen LogP contribution >= 0.6 is 11.6 Å². The van der Waals surface area contributed by atoms with E-state index >= 15 is 0 Å². The van der Waals surface area contributed by atoms with Crippen LogP contribution in [0.5, 0.6) is 0 Å². The van der Waals surface area contributed by atoms with Crippen molar-refractivity contribution in [1.82, 2.24) is 5.32 Å². The molecule has 1 saturated heterocycles. The first-order valence-electron chi connectivity index (χ1n) is 7.53. The highest BCUT2D eigenvalue weighted by Crippen LogP contribution is 2.25. The Hall–Kier alpha value is -1.94. The highest BCUT2D eigenvalue weighted by Gasteiger charge is 2.25. The number of rotatable bonds is 4. The van der Waals surface area contributed by atoms with E-state index < -0.39 is 0 Å². The van der Waals surface area contributed by atoms with E-state index in [1.807, 2.05) is 30.3 Å². The molecule has 4 nitrogen and oxygen atoms in total. The second-order valence-corrected chi connectivity index (χ2v) is 5.97. The lowest BCUT2D eigenvalue weighted by Crippen LogP contribution is -2.40. The highest BCUT2D eigenvalue weighted by molar-refractivity contribution is 6.30. The Morgan fingerprint density at radius 3 is 2.77 bits per heavy atom. The third-order valence-corrected chi connectivity index (χ3v) is 4.29. The molecule has 1 amide bonds. The van der Waals surface area contributed by atoms with Crippen molar-refractivity contribution in [2.75, 3.05) is 18.0 Å². The second kappa shape index (κ2) is 6.88. The maximum Gasteiger partial charge on any atom is 0.223 e. The Balaban J connectivity index is 1.49. The molecule has 0 spiro atoms. The quantitative estimate of drug-likeness (QED) is 0.939. The highest BCUT2D eigenvalue weighted by atomic mass is 35.5. The zero-order valence-electron chi connectivity index (χ0n) is 12.3. The Kier molecular flexibility index (Phi) is 4.68. The van der Waals surface area contributed by atoms with E-state index in [4.69, 9.17) is 16.0 Å². The number of carbonyl (C=O) groups excluding carboxylic acids is 1. The molecule has 0 atom stereocenters. The van der Waals surface area contributed by atoms with Gasteiger partial charge < -0.3 is 14.6 Å². The van der Waals surface area contributed by atoms with Gasteiger partial charge in [0.15, 0.2) is 0 Å². The summed E-state index contributed by atoms with van der Waals surface area (Å²) >= 11 is 6.03. The van der Waals surface area contributed by atoms with E-state index in [-0.39, 0.29) is 11.8 Å². The Morgan fingerprint density at radius 1 is 1.27 bits per heavy atom. The minimum absolute atomic E-state index is 0.0744. The van der Waals surface area contributed by atoms with Crippen molar-refractivity contribution < 1.29 is 9.21 Å². The van der Waals surface area contributed by atoms with Crippen LogP contribution in [0.4, 0.5) is 5.69 Å². The molecule has 3 rings (SSSR count). The van der Waals surface area contributed by atoms with Gasteiger partial charge in [0.25, 0.3) is 0 Å². The summed E-state index contributed by atoms with van der Waals surface area (Å²) in [6.45, 7) is 2.21. The number of halogens is 1. The zero-order valence-corrected chi connectivity index (χ0v) is 13.1. The van der Waals surface area contributed by atoms with Crippen LogP contribution in [-0.2, 0) is 11.3 Å². The van der Waals surface area contributed by atoms with Crippen LogP contribution in [0.2, 0.25) is 5.02 Å². The van der Waals surface area contributed by atoms with Gasteiger partial charge in [-0.2, -0.15) is 0 Å². The summed E-state index contributed by atoms with van der Waals surface area (Å²) in [5.41, 5.74) is 1.13. The van der Waals surface area contributed by atoms with Crippen molar-refractivity contribution in [2.24, 2.45) is 5.92 Å². The van der Waals surface area contributed by atoms with E-state index in [9.17, 15) is 4.79 Å². The minimum atomic E-state index is 0.0744. The Labute approximate surface area is 135 Å². The van der Waals surface area contributed by atoms with Gasteiger partial charge in [-0.25, -0.2) is 0 Å². The van der Waals surface area contributed by atoms with Crippen molar-refractivity contribution in [2.45, 2.75) is 19.4 Å². The van der Waals surface area contributed by atoms with Crippen LogP contribution in [0.1, 0.15) is 18.6 Å². The van der Waals surface area contributed by atoms with E-state index in [2.05, 4.69) is 16.3 Å². The van der Waals surface area contributed by atoms with Gasteiger partial charge in [0, 0.05) is 29.7 Å². The molecule has 1 aliphatic rings. The summed E-state index contributed by atoms with van der Waals surface area (Å²) in [6.07, 6.45) is 3.33. The van der Waals surface area contributed by atoms with Crippen molar-refractivity contribution in [3.63, 3.8) is 0 Å². The number of carbonyl (C=O) groups is 1. The van der Waals surface area contributed by atoms with Gasteiger partial charge in [-0.3, -0.25) is 4.79 Å². The molecule has 0 bridgehead atoms. The smallest absolute Gasteiger partial charge is 0.223 e. The Morgan fingerprint density at radius 2 is 2.09 bits per heavy atom. The number of nitrogens with zero attached hydrogens (tertiary/aromatic N) is 1. The molecule has 1 aromatic heterocycles. The maximum absolute atomic E-state index is 12.2. The normalized spacial score (nSPS) is 15.8. The predicted octanol–water partition coefficient (Wildman–Crippen LogP) is 3.47. The molecule has 1 N–H and O–H groups in total. The average Bonchev–Trinajstić information content (AvgIpc) is 3.06. The molecule has 0 aliphatic carbocycles. The standard InChI is InChI=1S/C17H19ClN2O2/c18-14-3-1-4-15(11-14)20-8-6-13(7-9-20)17(21)19-12-16-5-2-10-22-16/h1-5,10-11,13H,6-9,12H2,(H,19,21). The van der Waals surface area contributed by atoms with Crippen LogP contribution in [0.15, 0.2) is 47.1 Å². The molecule has 1 aliphatic heterocycles. The number of furan rings is 1.